The van der Waals surface area contributed by atoms with Gasteiger partial charge in [0.15, 0.2) is 0 Å². The highest BCUT2D eigenvalue weighted by Gasteiger charge is 2.29. The summed E-state index contributed by atoms with van der Waals surface area (Å²) in [6.07, 6.45) is 1.58. The van der Waals surface area contributed by atoms with Crippen LogP contribution in [-0.4, -0.2) is 31.9 Å². The van der Waals surface area contributed by atoms with Gasteiger partial charge < -0.3 is 4.74 Å². The molecule has 0 saturated carbocycles. The highest BCUT2D eigenvalue weighted by molar-refractivity contribution is 7.89. The van der Waals surface area contributed by atoms with Gasteiger partial charge in [-0.3, -0.25) is 4.98 Å². The summed E-state index contributed by atoms with van der Waals surface area (Å²) in [6.45, 7) is 1.70. The average molecular weight is 324 g/mol. The molecule has 2 aromatic rings. The maximum Gasteiger partial charge on any atom is 0.246 e. The molecule has 1 heterocycles. The standard InChI is InChI=1S/C15H17FN2O3S/c1-11(14-6-4-5-9-17-14)18(2)22(19,20)15-8-7-12(21-3)10-13(15)16/h4-11H,1-3H3/t11-/m0/s1. The summed E-state index contributed by atoms with van der Waals surface area (Å²) in [6, 6.07) is 8.38. The zero-order valence-corrected chi connectivity index (χ0v) is 13.3. The molecule has 1 atom stereocenters. The number of rotatable bonds is 5. The molecule has 0 bridgehead atoms. The Balaban J connectivity index is 2.37. The first-order chi connectivity index (χ1) is 10.4. The number of aromatic nitrogens is 1. The number of ether oxygens (including phenoxy) is 1. The molecular weight excluding hydrogens is 307 g/mol. The van der Waals surface area contributed by atoms with Crippen LogP contribution in [0.1, 0.15) is 18.7 Å². The number of sulfonamides is 1. The van der Waals surface area contributed by atoms with Gasteiger partial charge in [-0.2, -0.15) is 4.31 Å². The highest BCUT2D eigenvalue weighted by atomic mass is 32.2. The van der Waals surface area contributed by atoms with Gasteiger partial charge >= 0.3 is 0 Å². The Kier molecular flexibility index (Phi) is 4.77. The Morgan fingerprint density at radius 1 is 1.27 bits per heavy atom. The van der Waals surface area contributed by atoms with Gasteiger partial charge in [0, 0.05) is 19.3 Å². The van der Waals surface area contributed by atoms with Crippen LogP contribution in [0.25, 0.3) is 0 Å². The van der Waals surface area contributed by atoms with Crippen LogP contribution in [0.4, 0.5) is 4.39 Å². The smallest absolute Gasteiger partial charge is 0.246 e. The summed E-state index contributed by atoms with van der Waals surface area (Å²) < 4.78 is 45.2. The number of benzene rings is 1. The fourth-order valence-electron chi connectivity index (χ4n) is 1.99. The van der Waals surface area contributed by atoms with Crippen molar-refractivity contribution in [1.29, 1.82) is 0 Å². The Morgan fingerprint density at radius 2 is 2.00 bits per heavy atom. The largest absolute Gasteiger partial charge is 0.497 e. The first kappa shape index (κ1) is 16.4. The average Bonchev–Trinajstić information content (AvgIpc) is 2.53. The summed E-state index contributed by atoms with van der Waals surface area (Å²) in [5, 5.41) is 0. The second kappa shape index (κ2) is 6.41. The van der Waals surface area contributed by atoms with Crippen LogP contribution in [0.5, 0.6) is 5.75 Å². The van der Waals surface area contributed by atoms with Crippen LogP contribution >= 0.6 is 0 Å². The Labute approximate surface area is 129 Å². The number of nitrogens with zero attached hydrogens (tertiary/aromatic N) is 2. The maximum absolute atomic E-state index is 14.1. The molecule has 0 amide bonds. The predicted molar refractivity (Wildman–Crippen MR) is 80.6 cm³/mol. The zero-order valence-electron chi connectivity index (χ0n) is 12.5. The number of methoxy groups -OCH3 is 1. The first-order valence-electron chi connectivity index (χ1n) is 6.60. The molecule has 7 heteroatoms. The van der Waals surface area contributed by atoms with E-state index in [4.69, 9.17) is 4.74 Å². The molecule has 0 fully saturated rings. The van der Waals surface area contributed by atoms with E-state index in [1.165, 1.54) is 26.3 Å². The van der Waals surface area contributed by atoms with Crippen molar-refractivity contribution < 1.29 is 17.5 Å². The van der Waals surface area contributed by atoms with Gasteiger partial charge in [0.25, 0.3) is 0 Å². The fourth-order valence-corrected chi connectivity index (χ4v) is 3.37. The van der Waals surface area contributed by atoms with E-state index in [1.807, 2.05) is 0 Å². The summed E-state index contributed by atoms with van der Waals surface area (Å²) in [5.41, 5.74) is 0.586. The number of pyridine rings is 1. The van der Waals surface area contributed by atoms with Crippen molar-refractivity contribution in [3.05, 3.63) is 54.1 Å². The van der Waals surface area contributed by atoms with Crippen LogP contribution in [0, 0.1) is 5.82 Å². The minimum absolute atomic E-state index is 0.261. The fraction of sp³-hybridized carbons (Fsp3) is 0.267. The van der Waals surface area contributed by atoms with Crippen molar-refractivity contribution in [1.82, 2.24) is 9.29 Å². The van der Waals surface area contributed by atoms with Gasteiger partial charge in [-0.1, -0.05) is 6.07 Å². The molecule has 0 unspecified atom stereocenters. The van der Waals surface area contributed by atoms with E-state index in [0.29, 0.717) is 5.69 Å². The van der Waals surface area contributed by atoms with E-state index in [2.05, 4.69) is 4.98 Å². The predicted octanol–water partition coefficient (Wildman–Crippen LogP) is 2.61. The second-order valence-corrected chi connectivity index (χ2v) is 6.71. The molecular formula is C15H17FN2O3S. The first-order valence-corrected chi connectivity index (χ1v) is 8.04. The quantitative estimate of drug-likeness (QED) is 0.848. The lowest BCUT2D eigenvalue weighted by Crippen LogP contribution is -2.30. The maximum atomic E-state index is 14.1. The Bertz CT molecular complexity index is 751. The molecule has 118 valence electrons. The van der Waals surface area contributed by atoms with Crippen LogP contribution < -0.4 is 4.74 Å². The molecule has 0 spiro atoms. The Morgan fingerprint density at radius 3 is 2.55 bits per heavy atom. The van der Waals surface area contributed by atoms with Gasteiger partial charge in [0.2, 0.25) is 10.0 Å². The van der Waals surface area contributed by atoms with Crippen molar-refractivity contribution in [2.45, 2.75) is 17.9 Å². The van der Waals surface area contributed by atoms with E-state index in [-0.39, 0.29) is 5.75 Å². The number of hydrogen-bond donors (Lipinski definition) is 0. The SMILES string of the molecule is COc1ccc(S(=O)(=O)N(C)[C@@H](C)c2ccccn2)c(F)c1. The topological polar surface area (TPSA) is 59.5 Å². The van der Waals surface area contributed by atoms with E-state index < -0.39 is 26.8 Å². The van der Waals surface area contributed by atoms with Crippen molar-refractivity contribution in [3.63, 3.8) is 0 Å². The molecule has 1 aromatic carbocycles. The molecule has 0 aliphatic carbocycles. The molecule has 2 rings (SSSR count). The third-order valence-corrected chi connectivity index (χ3v) is 5.42. The van der Waals surface area contributed by atoms with Crippen molar-refractivity contribution in [2.24, 2.45) is 0 Å². The molecule has 0 N–H and O–H groups in total. The lowest BCUT2D eigenvalue weighted by molar-refractivity contribution is 0.387. The summed E-state index contributed by atoms with van der Waals surface area (Å²) in [4.78, 5) is 3.75. The van der Waals surface area contributed by atoms with Crippen LogP contribution in [0.2, 0.25) is 0 Å². The lowest BCUT2D eigenvalue weighted by Gasteiger charge is -2.24. The normalized spacial score (nSPS) is 13.1. The third kappa shape index (κ3) is 3.10. The highest BCUT2D eigenvalue weighted by Crippen LogP contribution is 2.27. The number of halogens is 1. The van der Waals surface area contributed by atoms with Gasteiger partial charge in [0.05, 0.1) is 18.8 Å². The summed E-state index contributed by atoms with van der Waals surface area (Å²) >= 11 is 0. The lowest BCUT2D eigenvalue weighted by atomic mass is 10.2. The molecule has 0 aliphatic heterocycles. The van der Waals surface area contributed by atoms with Crippen molar-refractivity contribution >= 4 is 10.0 Å². The van der Waals surface area contributed by atoms with Crippen LogP contribution in [-0.2, 0) is 10.0 Å². The monoisotopic (exact) mass is 324 g/mol. The molecule has 22 heavy (non-hydrogen) atoms. The van der Waals surface area contributed by atoms with E-state index in [9.17, 15) is 12.8 Å². The minimum atomic E-state index is -3.98. The molecule has 1 aromatic heterocycles. The third-order valence-electron chi connectivity index (χ3n) is 3.46. The zero-order chi connectivity index (χ0) is 16.3. The molecule has 5 nitrogen and oxygen atoms in total. The van der Waals surface area contributed by atoms with Crippen molar-refractivity contribution in [3.8, 4) is 5.75 Å². The van der Waals surface area contributed by atoms with Gasteiger partial charge in [-0.15, -0.1) is 0 Å². The van der Waals surface area contributed by atoms with E-state index in [1.54, 1.807) is 31.3 Å². The van der Waals surface area contributed by atoms with Crippen LogP contribution in [0.3, 0.4) is 0 Å². The van der Waals surface area contributed by atoms with Crippen LogP contribution in [0.15, 0.2) is 47.5 Å². The van der Waals surface area contributed by atoms with Gasteiger partial charge in [-0.05, 0) is 31.2 Å². The van der Waals surface area contributed by atoms with Crippen molar-refractivity contribution in [2.75, 3.05) is 14.2 Å². The van der Waals surface area contributed by atoms with Gasteiger partial charge in [0.1, 0.15) is 16.5 Å². The number of hydrogen-bond acceptors (Lipinski definition) is 4. The summed E-state index contributed by atoms with van der Waals surface area (Å²) in [7, 11) is -1.19. The summed E-state index contributed by atoms with van der Waals surface area (Å²) in [5.74, 6) is -0.587. The van der Waals surface area contributed by atoms with Gasteiger partial charge in [-0.25, -0.2) is 12.8 Å². The molecule has 0 radical (unpaired) electrons. The molecule has 0 saturated heterocycles. The minimum Gasteiger partial charge on any atom is -0.497 e. The van der Waals surface area contributed by atoms with E-state index >= 15 is 0 Å². The van der Waals surface area contributed by atoms with E-state index in [0.717, 1.165) is 10.4 Å². The molecule has 0 aliphatic rings. The second-order valence-electron chi connectivity index (χ2n) is 4.75. The Hall–Kier alpha value is -1.99.